The number of likely N-dealkylation sites (N-methyl/N-ethyl adjacent to an activating group) is 1. The van der Waals surface area contributed by atoms with Crippen molar-refractivity contribution >= 4 is 29.5 Å². The summed E-state index contributed by atoms with van der Waals surface area (Å²) in [6, 6.07) is -0.601. The summed E-state index contributed by atoms with van der Waals surface area (Å²) in [5.74, 6) is -9.27. The Kier molecular flexibility index (Phi) is 18.3. The fourth-order valence-corrected chi connectivity index (χ4v) is 11.0. The summed E-state index contributed by atoms with van der Waals surface area (Å²) in [5, 5.41) is 29.8. The van der Waals surface area contributed by atoms with Gasteiger partial charge >= 0.3 is 17.9 Å². The van der Waals surface area contributed by atoms with Crippen molar-refractivity contribution in [3.05, 3.63) is 36.6 Å². The van der Waals surface area contributed by atoms with Crippen LogP contribution in [-0.2, 0) is 61.9 Å². The van der Waals surface area contributed by atoms with Crippen LogP contribution in [0.1, 0.15) is 94.9 Å². The molecule has 20 atom stereocenters. The maximum Gasteiger partial charge on any atom is 0.358 e. The number of aliphatic hydroxyl groups excluding tert-OH is 2. The number of amidine groups is 1. The van der Waals surface area contributed by atoms with Gasteiger partial charge < -0.3 is 68.9 Å². The first-order valence-electron chi connectivity index (χ1n) is 23.9. The third kappa shape index (κ3) is 11.7. The van der Waals surface area contributed by atoms with E-state index in [1.165, 1.54) is 20.3 Å². The minimum absolute atomic E-state index is 0.0437. The molecule has 4 saturated heterocycles. The van der Waals surface area contributed by atoms with Crippen molar-refractivity contribution in [2.24, 2.45) is 46.4 Å². The van der Waals surface area contributed by atoms with Gasteiger partial charge in [-0.3, -0.25) is 14.4 Å². The Balaban J connectivity index is 1.61. The zero-order valence-corrected chi connectivity index (χ0v) is 42.3. The van der Waals surface area contributed by atoms with Crippen LogP contribution in [0.15, 0.2) is 41.7 Å². The van der Waals surface area contributed by atoms with E-state index in [1.807, 2.05) is 45.0 Å². The predicted octanol–water partition coefficient (Wildman–Crippen LogP) is 3.29. The number of carbonyl (C=O) groups excluding carboxylic acids is 4. The van der Waals surface area contributed by atoms with E-state index < -0.39 is 125 Å². The molecule has 384 valence electrons. The molecule has 5 aliphatic heterocycles. The molecule has 5 rings (SSSR count). The summed E-state index contributed by atoms with van der Waals surface area (Å²) in [7, 11) is 6.72. The summed E-state index contributed by atoms with van der Waals surface area (Å²) in [6.45, 7) is 17.4. The van der Waals surface area contributed by atoms with E-state index in [9.17, 15) is 24.6 Å². The molecule has 4 fully saturated rings. The standard InChI is InChI=1S/C49H78N4O15/c1-15-33-49(10)37(36(45(59)67-49)43(50)52-68-34(54)20-19-31-18-16-17-21-51-31)27(4)38(55)25(2)23-48(9,61-14)42(66-46-39(56)32(53(11)12)22-26(3)62-46)28(5)40(29(6)44(58)64-33)65-35-24-47(8,60-13)41(57)30(7)63-35/h16-21,25-33,35-37,39-42,46,51,56-57H,15,22-24H2,1-14H3,(H2,50,52)/b20-19+/t25-,26?,27-,28+,29-,30?,31?,32?,33-,35?,36?,37?,39?,40+,41?,42-,46?,47?,48+,49-/m1/s1. The lowest BCUT2D eigenvalue weighted by molar-refractivity contribution is -0.319. The largest absolute Gasteiger partial charge is 0.458 e. The molecule has 0 aromatic heterocycles. The molecule has 68 heavy (non-hydrogen) atoms. The SMILES string of the molecule is CC[C@H]1OC(=O)[C@H](C)[C@@H](OC2CC(C)(OC)C(O)C(C)O2)[C@H](C)[C@@H](OC2OC(C)CC(N(C)C)C2O)[C@@](C)(OC)C[C@@H](C)C(=O)[C@H](C)C2C(/C(N)=N/OC(=O)/C=C/C3C=CC=CN3)C(=O)O[C@@]21C. The van der Waals surface area contributed by atoms with Gasteiger partial charge in [-0.15, -0.1) is 0 Å². The second kappa shape index (κ2) is 22.5. The maximum atomic E-state index is 15.1. The number of methoxy groups -OCH3 is 2. The smallest absolute Gasteiger partial charge is 0.358 e. The number of ether oxygens (including phenoxy) is 8. The molecule has 5 aliphatic rings. The van der Waals surface area contributed by atoms with Crippen molar-refractivity contribution < 1.29 is 72.1 Å². The molecule has 0 radical (unpaired) electrons. The van der Waals surface area contributed by atoms with Gasteiger partial charge in [0, 0.05) is 56.4 Å². The quantitative estimate of drug-likeness (QED) is 0.0548. The Morgan fingerprint density at radius 2 is 1.63 bits per heavy atom. The van der Waals surface area contributed by atoms with Crippen LogP contribution in [0, 0.1) is 35.5 Å². The number of aliphatic hydroxyl groups is 2. The summed E-state index contributed by atoms with van der Waals surface area (Å²) in [5.41, 5.74) is 2.44. The van der Waals surface area contributed by atoms with Gasteiger partial charge in [-0.05, 0) is 87.2 Å². The molecular formula is C49H78N4O15. The molecule has 0 aliphatic carbocycles. The van der Waals surface area contributed by atoms with E-state index in [1.54, 1.807) is 73.7 Å². The number of fused-ring (bicyclic) bond motifs is 1. The van der Waals surface area contributed by atoms with Gasteiger partial charge in [0.1, 0.15) is 30.0 Å². The fourth-order valence-electron chi connectivity index (χ4n) is 11.0. The number of esters is 2. The van der Waals surface area contributed by atoms with E-state index in [0.717, 1.165) is 0 Å². The van der Waals surface area contributed by atoms with Crippen molar-refractivity contribution in [3.63, 3.8) is 0 Å². The number of Topliss-reactive ketones (excluding diaryl/α,β-unsaturated/α-hetero) is 1. The molecule has 11 unspecified atom stereocenters. The van der Waals surface area contributed by atoms with E-state index in [4.69, 9.17) is 48.5 Å². The lowest BCUT2D eigenvalue weighted by Gasteiger charge is -2.50. The summed E-state index contributed by atoms with van der Waals surface area (Å²) < 4.78 is 51.2. The normalized spacial score (nSPS) is 44.2. The van der Waals surface area contributed by atoms with E-state index in [0.29, 0.717) is 6.42 Å². The van der Waals surface area contributed by atoms with Crippen molar-refractivity contribution in [2.75, 3.05) is 28.3 Å². The topological polar surface area (TPSA) is 245 Å². The highest BCUT2D eigenvalue weighted by atomic mass is 16.7. The van der Waals surface area contributed by atoms with Crippen LogP contribution in [0.4, 0.5) is 0 Å². The monoisotopic (exact) mass is 963 g/mol. The number of rotatable bonds is 12. The minimum atomic E-state index is -1.65. The third-order valence-electron chi connectivity index (χ3n) is 15.1. The first-order valence-corrected chi connectivity index (χ1v) is 23.9. The Morgan fingerprint density at radius 3 is 2.24 bits per heavy atom. The van der Waals surface area contributed by atoms with Crippen molar-refractivity contribution in [3.8, 4) is 0 Å². The van der Waals surface area contributed by atoms with Gasteiger partial charge in [-0.2, -0.15) is 0 Å². The second-order valence-electron chi connectivity index (χ2n) is 20.3. The van der Waals surface area contributed by atoms with Gasteiger partial charge in [0.2, 0.25) is 0 Å². The van der Waals surface area contributed by atoms with Crippen molar-refractivity contribution in [1.29, 1.82) is 0 Å². The molecular weight excluding hydrogens is 885 g/mol. The molecule has 5 heterocycles. The lowest BCUT2D eigenvalue weighted by atomic mass is 9.67. The molecule has 0 amide bonds. The number of hydrogen-bond donors (Lipinski definition) is 4. The third-order valence-corrected chi connectivity index (χ3v) is 15.1. The molecule has 0 aromatic rings. The van der Waals surface area contributed by atoms with E-state index in [-0.39, 0.29) is 43.2 Å². The number of nitrogens with two attached hydrogens (primary N) is 1. The summed E-state index contributed by atoms with van der Waals surface area (Å²) >= 11 is 0. The summed E-state index contributed by atoms with van der Waals surface area (Å²) in [4.78, 5) is 63.9. The van der Waals surface area contributed by atoms with Crippen LogP contribution >= 0.6 is 0 Å². The first kappa shape index (κ1) is 55.1. The van der Waals surface area contributed by atoms with Gasteiger partial charge in [-0.25, -0.2) is 4.79 Å². The Bertz CT molecular complexity index is 1910. The second-order valence-corrected chi connectivity index (χ2v) is 20.3. The van der Waals surface area contributed by atoms with Crippen molar-refractivity contribution in [2.45, 2.75) is 179 Å². The number of oxime groups is 1. The number of carbonyl (C=O) groups is 4. The average Bonchev–Trinajstić information content (AvgIpc) is 3.58. The van der Waals surface area contributed by atoms with Crippen LogP contribution in [0.5, 0.6) is 0 Å². The number of hydrogen-bond acceptors (Lipinski definition) is 18. The summed E-state index contributed by atoms with van der Waals surface area (Å²) in [6.07, 6.45) is 2.10. The number of cyclic esters (lactones) is 1. The Morgan fingerprint density at radius 1 is 0.956 bits per heavy atom. The molecule has 0 saturated carbocycles. The maximum absolute atomic E-state index is 15.1. The molecule has 19 heteroatoms. The fraction of sp³-hybridized carbons (Fsp3) is 0.776. The van der Waals surface area contributed by atoms with Gasteiger partial charge in [0.05, 0.1) is 47.6 Å². The van der Waals surface area contributed by atoms with Crippen LogP contribution < -0.4 is 11.1 Å². The minimum Gasteiger partial charge on any atom is -0.458 e. The van der Waals surface area contributed by atoms with Crippen LogP contribution in [-0.4, -0.2) is 157 Å². The molecule has 0 bridgehead atoms. The Hall–Kier alpha value is -3.79. The van der Waals surface area contributed by atoms with E-state index in [2.05, 4.69) is 10.5 Å². The molecule has 19 nitrogen and oxygen atoms in total. The zero-order chi connectivity index (χ0) is 50.6. The van der Waals surface area contributed by atoms with Gasteiger partial charge in [-0.1, -0.05) is 51.1 Å². The van der Waals surface area contributed by atoms with Crippen LogP contribution in [0.3, 0.4) is 0 Å². The number of dihydropyridines is 1. The van der Waals surface area contributed by atoms with Crippen LogP contribution in [0.2, 0.25) is 0 Å². The van der Waals surface area contributed by atoms with Gasteiger partial charge in [0.25, 0.3) is 0 Å². The zero-order valence-electron chi connectivity index (χ0n) is 42.3. The molecule has 0 aromatic carbocycles. The number of allylic oxidation sites excluding steroid dienone is 2. The highest BCUT2D eigenvalue weighted by molar-refractivity contribution is 6.03. The Labute approximate surface area is 401 Å². The average molecular weight is 963 g/mol. The van der Waals surface area contributed by atoms with Crippen molar-refractivity contribution in [1.82, 2.24) is 10.2 Å². The predicted molar refractivity (Wildman–Crippen MR) is 248 cm³/mol. The van der Waals surface area contributed by atoms with E-state index >= 15 is 4.79 Å². The first-order chi connectivity index (χ1) is 31.9. The highest BCUT2D eigenvalue weighted by Crippen LogP contribution is 2.49. The number of nitrogens with one attached hydrogen (secondary N) is 1. The lowest BCUT2D eigenvalue weighted by Crippen LogP contribution is -2.61. The van der Waals surface area contributed by atoms with Crippen LogP contribution in [0.25, 0.3) is 0 Å². The van der Waals surface area contributed by atoms with Gasteiger partial charge in [0.15, 0.2) is 24.0 Å². The number of ketones is 1. The molecule has 0 spiro atoms. The number of nitrogens with zero attached hydrogens (tertiary/aromatic N) is 2. The highest BCUT2D eigenvalue weighted by Gasteiger charge is 2.63. The molecule has 5 N–H and O–H groups in total.